The zero-order valence-corrected chi connectivity index (χ0v) is 16.2. The van der Waals surface area contributed by atoms with Gasteiger partial charge in [0.05, 0.1) is 5.76 Å². The number of aromatic nitrogens is 1. The Hall–Kier alpha value is -1.52. The van der Waals surface area contributed by atoms with E-state index in [9.17, 15) is 13.6 Å². The molecule has 7 heteroatoms. The normalized spacial score (nSPS) is 10.3. The van der Waals surface area contributed by atoms with Crippen LogP contribution in [-0.2, 0) is 31.6 Å². The Morgan fingerprint density at radius 1 is 1.38 bits per heavy atom. The SMILES string of the molecule is CC(=O)/C=C(/C)O.Fc1c[c-]c(-c2cc(CS)ccn2)c(F)c1.[Pt]. The number of ketones is 1. The van der Waals surface area contributed by atoms with E-state index in [1.165, 1.54) is 19.9 Å². The van der Waals surface area contributed by atoms with Gasteiger partial charge in [-0.1, -0.05) is 17.7 Å². The summed E-state index contributed by atoms with van der Waals surface area (Å²) in [6.07, 6.45) is 2.73. The average Bonchev–Trinajstić information content (AvgIpc) is 2.46. The van der Waals surface area contributed by atoms with Gasteiger partial charge in [0.2, 0.25) is 0 Å². The summed E-state index contributed by atoms with van der Waals surface area (Å²) in [4.78, 5) is 14.0. The number of rotatable bonds is 3. The topological polar surface area (TPSA) is 50.2 Å². The summed E-state index contributed by atoms with van der Waals surface area (Å²) in [5, 5.41) is 8.36. The molecule has 0 bridgehead atoms. The molecular formula is C17H16F2NO2PtS-. The molecule has 0 amide bonds. The van der Waals surface area contributed by atoms with Crippen molar-refractivity contribution in [1.29, 1.82) is 0 Å². The van der Waals surface area contributed by atoms with Gasteiger partial charge in [-0.2, -0.15) is 12.6 Å². The van der Waals surface area contributed by atoms with Gasteiger partial charge in [0.1, 0.15) is 0 Å². The summed E-state index contributed by atoms with van der Waals surface area (Å²) >= 11 is 4.12. The molecule has 0 aliphatic rings. The number of aliphatic hydroxyl groups is 1. The molecule has 0 fully saturated rings. The number of hydrogen-bond donors (Lipinski definition) is 2. The summed E-state index contributed by atoms with van der Waals surface area (Å²) in [6, 6.07) is 7.94. The molecule has 2 rings (SSSR count). The van der Waals surface area contributed by atoms with E-state index in [4.69, 9.17) is 5.11 Å². The third kappa shape index (κ3) is 7.84. The van der Waals surface area contributed by atoms with Crippen molar-refractivity contribution in [2.45, 2.75) is 19.6 Å². The van der Waals surface area contributed by atoms with Crippen LogP contribution in [0.5, 0.6) is 0 Å². The quantitative estimate of drug-likeness (QED) is 0.269. The Kier molecular flexibility index (Phi) is 10.4. The van der Waals surface area contributed by atoms with E-state index in [1.807, 2.05) is 0 Å². The second-order valence-corrected chi connectivity index (χ2v) is 4.96. The number of hydrogen-bond acceptors (Lipinski definition) is 4. The van der Waals surface area contributed by atoms with Crippen LogP contribution in [0, 0.1) is 17.7 Å². The summed E-state index contributed by atoms with van der Waals surface area (Å²) in [5.41, 5.74) is 1.53. The Labute approximate surface area is 159 Å². The largest absolute Gasteiger partial charge is 0.512 e. The van der Waals surface area contributed by atoms with Crippen LogP contribution < -0.4 is 0 Å². The van der Waals surface area contributed by atoms with E-state index in [0.717, 1.165) is 17.7 Å². The zero-order valence-electron chi connectivity index (χ0n) is 13.0. The molecule has 1 heterocycles. The maximum atomic E-state index is 13.4. The molecule has 0 atom stereocenters. The molecule has 2 aromatic rings. The fraction of sp³-hybridized carbons (Fsp3) is 0.176. The predicted molar refractivity (Wildman–Crippen MR) is 88.2 cm³/mol. The predicted octanol–water partition coefficient (Wildman–Crippen LogP) is 4.29. The van der Waals surface area contributed by atoms with Gasteiger partial charge >= 0.3 is 0 Å². The molecule has 0 unspecified atom stereocenters. The Morgan fingerprint density at radius 3 is 2.50 bits per heavy atom. The van der Waals surface area contributed by atoms with Crippen molar-refractivity contribution in [3.05, 3.63) is 65.6 Å². The first-order chi connectivity index (χ1) is 10.8. The standard InChI is InChI=1S/C12H8F2NS.C5H8O2.Pt/c13-9-1-2-10(11(14)6-9)12-5-8(7-16)3-4-15-12;1-4(6)3-5(2)7;/h1,3-6,16H,7H2;3,6H,1-2H3;/q-1;;/b;4-3-;. The van der Waals surface area contributed by atoms with Crippen molar-refractivity contribution in [1.82, 2.24) is 4.98 Å². The van der Waals surface area contributed by atoms with Gasteiger partial charge in [-0.3, -0.25) is 13.6 Å². The Balaban J connectivity index is 0.000000570. The molecule has 0 radical (unpaired) electrons. The van der Waals surface area contributed by atoms with Crippen LogP contribution in [0.2, 0.25) is 0 Å². The Morgan fingerprint density at radius 2 is 2.04 bits per heavy atom. The zero-order chi connectivity index (χ0) is 17.4. The number of carbonyl (C=O) groups excluding carboxylic acids is 1. The van der Waals surface area contributed by atoms with Crippen molar-refractivity contribution in [3.63, 3.8) is 0 Å². The maximum Gasteiger partial charge on any atom is 0.155 e. The molecule has 0 aliphatic heterocycles. The van der Waals surface area contributed by atoms with Gasteiger partial charge in [-0.25, -0.2) is 0 Å². The van der Waals surface area contributed by atoms with Gasteiger partial charge < -0.3 is 10.1 Å². The number of allylic oxidation sites excluding steroid dienone is 2. The number of halogens is 2. The number of thiol groups is 1. The summed E-state index contributed by atoms with van der Waals surface area (Å²) < 4.78 is 26.1. The van der Waals surface area contributed by atoms with E-state index in [2.05, 4.69) is 23.7 Å². The van der Waals surface area contributed by atoms with Gasteiger partial charge in [-0.05, 0) is 31.2 Å². The smallest absolute Gasteiger partial charge is 0.155 e. The van der Waals surface area contributed by atoms with Crippen LogP contribution in [0.1, 0.15) is 19.4 Å². The van der Waals surface area contributed by atoms with Crippen LogP contribution in [0.25, 0.3) is 11.3 Å². The number of aliphatic hydroxyl groups excluding tert-OH is 1. The van der Waals surface area contributed by atoms with Crippen LogP contribution in [-0.4, -0.2) is 15.9 Å². The molecule has 0 saturated heterocycles. The van der Waals surface area contributed by atoms with Crippen LogP contribution in [0.3, 0.4) is 0 Å². The number of carbonyl (C=O) groups is 1. The fourth-order valence-corrected chi connectivity index (χ4v) is 1.84. The second kappa shape index (κ2) is 11.1. The molecule has 0 saturated carbocycles. The van der Waals surface area contributed by atoms with E-state index in [1.54, 1.807) is 18.3 Å². The maximum absolute atomic E-state index is 13.4. The first-order valence-corrected chi connectivity index (χ1v) is 7.27. The van der Waals surface area contributed by atoms with Crippen molar-refractivity contribution >= 4 is 18.4 Å². The van der Waals surface area contributed by atoms with Gasteiger partial charge in [0.25, 0.3) is 0 Å². The summed E-state index contributed by atoms with van der Waals surface area (Å²) in [5.74, 6) is -0.832. The van der Waals surface area contributed by atoms with Crippen LogP contribution in [0.15, 0.2) is 42.3 Å². The molecule has 1 aromatic carbocycles. The second-order valence-electron chi connectivity index (χ2n) is 4.64. The molecule has 0 aliphatic carbocycles. The van der Waals surface area contributed by atoms with E-state index in [0.29, 0.717) is 11.4 Å². The average molecular weight is 531 g/mol. The van der Waals surface area contributed by atoms with Gasteiger partial charge in [-0.15, -0.1) is 12.1 Å². The van der Waals surface area contributed by atoms with Crippen molar-refractivity contribution in [2.24, 2.45) is 0 Å². The molecular weight excluding hydrogens is 515 g/mol. The molecule has 24 heavy (non-hydrogen) atoms. The van der Waals surface area contributed by atoms with Crippen molar-refractivity contribution < 1.29 is 39.7 Å². The minimum Gasteiger partial charge on any atom is -0.512 e. The Bertz CT molecular complexity index is 719. The van der Waals surface area contributed by atoms with E-state index >= 15 is 0 Å². The van der Waals surface area contributed by atoms with Crippen LogP contribution in [0.4, 0.5) is 8.78 Å². The number of benzene rings is 1. The first kappa shape index (κ1) is 22.5. The van der Waals surface area contributed by atoms with Crippen LogP contribution >= 0.6 is 12.6 Å². The van der Waals surface area contributed by atoms with Crippen molar-refractivity contribution in [2.75, 3.05) is 0 Å². The molecule has 1 N–H and O–H groups in total. The minimum atomic E-state index is -0.663. The summed E-state index contributed by atoms with van der Waals surface area (Å²) in [7, 11) is 0. The molecule has 3 nitrogen and oxygen atoms in total. The molecule has 132 valence electrons. The number of pyridine rings is 1. The van der Waals surface area contributed by atoms with Gasteiger partial charge in [0, 0.05) is 50.7 Å². The van der Waals surface area contributed by atoms with Gasteiger partial charge in [0.15, 0.2) is 5.78 Å². The fourth-order valence-electron chi connectivity index (χ4n) is 1.64. The third-order valence-electron chi connectivity index (χ3n) is 2.53. The first-order valence-electron chi connectivity index (χ1n) is 6.64. The summed E-state index contributed by atoms with van der Waals surface area (Å²) in [6.45, 7) is 2.85. The molecule has 1 aromatic heterocycles. The van der Waals surface area contributed by atoms with E-state index < -0.39 is 11.6 Å². The van der Waals surface area contributed by atoms with E-state index in [-0.39, 0.29) is 38.2 Å². The third-order valence-corrected chi connectivity index (χ3v) is 2.90. The monoisotopic (exact) mass is 531 g/mol. The number of nitrogens with zero attached hydrogens (tertiary/aromatic N) is 1. The van der Waals surface area contributed by atoms with Crippen molar-refractivity contribution in [3.8, 4) is 11.3 Å². The minimum absolute atomic E-state index is 0. The molecule has 0 spiro atoms.